The van der Waals surface area contributed by atoms with Crippen LogP contribution in [0, 0.1) is 0 Å². The predicted octanol–water partition coefficient (Wildman–Crippen LogP) is 0.905. The van der Waals surface area contributed by atoms with Gasteiger partial charge < -0.3 is 15.1 Å². The molecule has 0 spiro atoms. The van der Waals surface area contributed by atoms with E-state index in [2.05, 4.69) is 43.1 Å². The Morgan fingerprint density at radius 2 is 2.21 bits per heavy atom. The second-order valence-electron chi connectivity index (χ2n) is 4.42. The van der Waals surface area contributed by atoms with Crippen LogP contribution in [0.15, 0.2) is 0 Å². The lowest BCUT2D eigenvalue weighted by Gasteiger charge is -2.28. The van der Waals surface area contributed by atoms with Gasteiger partial charge in [-0.1, -0.05) is 0 Å². The van der Waals surface area contributed by atoms with Gasteiger partial charge in [0.25, 0.3) is 0 Å². The van der Waals surface area contributed by atoms with Crippen molar-refractivity contribution in [3.05, 3.63) is 0 Å². The van der Waals surface area contributed by atoms with Crippen molar-refractivity contribution in [2.75, 3.05) is 27.2 Å². The lowest BCUT2D eigenvalue weighted by molar-refractivity contribution is 0.337. The van der Waals surface area contributed by atoms with Gasteiger partial charge in [0.15, 0.2) is 5.11 Å². The highest BCUT2D eigenvalue weighted by Gasteiger charge is 2.24. The van der Waals surface area contributed by atoms with Crippen LogP contribution in [0.1, 0.15) is 20.3 Å². The summed E-state index contributed by atoms with van der Waals surface area (Å²) >= 11 is 5.32. The van der Waals surface area contributed by atoms with Gasteiger partial charge in [-0.15, -0.1) is 0 Å². The van der Waals surface area contributed by atoms with Crippen LogP contribution >= 0.6 is 12.2 Å². The van der Waals surface area contributed by atoms with E-state index in [4.69, 9.17) is 12.2 Å². The number of nitrogens with zero attached hydrogens (tertiary/aromatic N) is 2. The van der Waals surface area contributed by atoms with Gasteiger partial charge in [0, 0.05) is 25.7 Å². The Bertz CT molecular complexity index is 206. The van der Waals surface area contributed by atoms with E-state index in [-0.39, 0.29) is 0 Å². The Balaban J connectivity index is 2.40. The summed E-state index contributed by atoms with van der Waals surface area (Å²) in [7, 11) is 4.24. The highest BCUT2D eigenvalue weighted by molar-refractivity contribution is 7.80. The topological polar surface area (TPSA) is 18.5 Å². The highest BCUT2D eigenvalue weighted by atomic mass is 32.1. The summed E-state index contributed by atoms with van der Waals surface area (Å²) in [4.78, 5) is 4.54. The fourth-order valence-electron chi connectivity index (χ4n) is 1.74. The monoisotopic (exact) mass is 215 g/mol. The molecule has 0 aromatic heterocycles. The van der Waals surface area contributed by atoms with E-state index in [0.29, 0.717) is 12.1 Å². The molecule has 1 heterocycles. The van der Waals surface area contributed by atoms with Gasteiger partial charge >= 0.3 is 0 Å². The molecular formula is C10H21N3S. The Morgan fingerprint density at radius 1 is 1.57 bits per heavy atom. The zero-order chi connectivity index (χ0) is 10.7. The van der Waals surface area contributed by atoms with Gasteiger partial charge in [0.05, 0.1) is 0 Å². The Labute approximate surface area is 92.4 Å². The third kappa shape index (κ3) is 3.10. The third-order valence-corrected chi connectivity index (χ3v) is 3.05. The zero-order valence-corrected chi connectivity index (χ0v) is 10.4. The molecule has 1 N–H and O–H groups in total. The minimum Gasteiger partial charge on any atom is -0.360 e. The van der Waals surface area contributed by atoms with Crippen LogP contribution in [-0.4, -0.2) is 54.2 Å². The maximum Gasteiger partial charge on any atom is 0.169 e. The first-order chi connectivity index (χ1) is 6.50. The summed E-state index contributed by atoms with van der Waals surface area (Å²) in [5.41, 5.74) is 0. The summed E-state index contributed by atoms with van der Waals surface area (Å²) in [6.07, 6.45) is 1.22. The lowest BCUT2D eigenvalue weighted by atomic mass is 10.2. The number of likely N-dealkylation sites (N-methyl/N-ethyl adjacent to an activating group) is 2. The average molecular weight is 215 g/mol. The second-order valence-corrected chi connectivity index (χ2v) is 4.81. The molecule has 1 fully saturated rings. The Morgan fingerprint density at radius 3 is 2.64 bits per heavy atom. The van der Waals surface area contributed by atoms with Crippen molar-refractivity contribution in [2.45, 2.75) is 32.4 Å². The highest BCUT2D eigenvalue weighted by Crippen LogP contribution is 2.12. The molecule has 82 valence electrons. The van der Waals surface area contributed by atoms with E-state index in [9.17, 15) is 0 Å². The predicted molar refractivity (Wildman–Crippen MR) is 64.5 cm³/mol. The molecule has 4 heteroatoms. The van der Waals surface area contributed by atoms with Crippen molar-refractivity contribution in [3.8, 4) is 0 Å². The number of hydrogen-bond donors (Lipinski definition) is 1. The maximum atomic E-state index is 5.32. The number of thiocarbonyl (C=S) groups is 1. The van der Waals surface area contributed by atoms with Crippen molar-refractivity contribution in [3.63, 3.8) is 0 Å². The van der Waals surface area contributed by atoms with Gasteiger partial charge in [0.2, 0.25) is 0 Å². The van der Waals surface area contributed by atoms with Crippen LogP contribution in [0.3, 0.4) is 0 Å². The van der Waals surface area contributed by atoms with Crippen LogP contribution in [0.4, 0.5) is 0 Å². The Hall–Kier alpha value is -0.350. The van der Waals surface area contributed by atoms with E-state index in [1.165, 1.54) is 13.0 Å². The fraction of sp³-hybridized carbons (Fsp3) is 0.900. The maximum absolute atomic E-state index is 5.32. The molecule has 14 heavy (non-hydrogen) atoms. The van der Waals surface area contributed by atoms with Gasteiger partial charge in [-0.05, 0) is 46.1 Å². The van der Waals surface area contributed by atoms with Crippen LogP contribution < -0.4 is 5.32 Å². The molecule has 3 nitrogen and oxygen atoms in total. The SMILES string of the molecule is CC(C)NC(=S)N(C)C1CCN(C)C1. The minimum absolute atomic E-state index is 0.420. The van der Waals surface area contributed by atoms with E-state index in [0.717, 1.165) is 11.7 Å². The van der Waals surface area contributed by atoms with Gasteiger partial charge in [-0.3, -0.25) is 0 Å². The van der Waals surface area contributed by atoms with Crippen LogP contribution in [-0.2, 0) is 0 Å². The van der Waals surface area contributed by atoms with Crippen LogP contribution in [0.2, 0.25) is 0 Å². The molecule has 0 radical (unpaired) electrons. The molecule has 1 unspecified atom stereocenters. The van der Waals surface area contributed by atoms with E-state index in [1.807, 2.05) is 0 Å². The van der Waals surface area contributed by atoms with Crippen molar-refractivity contribution in [1.29, 1.82) is 0 Å². The van der Waals surface area contributed by atoms with Crippen LogP contribution in [0.5, 0.6) is 0 Å². The van der Waals surface area contributed by atoms with Gasteiger partial charge in [0.1, 0.15) is 0 Å². The molecule has 1 rings (SSSR count). The van der Waals surface area contributed by atoms with Crippen molar-refractivity contribution < 1.29 is 0 Å². The molecule has 0 aliphatic carbocycles. The number of nitrogens with one attached hydrogen (secondary N) is 1. The molecule has 0 bridgehead atoms. The standard InChI is InChI=1S/C10H21N3S/c1-8(2)11-10(14)13(4)9-5-6-12(3)7-9/h8-9H,5-7H2,1-4H3,(H,11,14). The largest absolute Gasteiger partial charge is 0.360 e. The quantitative estimate of drug-likeness (QED) is 0.690. The van der Waals surface area contributed by atoms with Crippen LogP contribution in [0.25, 0.3) is 0 Å². The molecule has 1 aliphatic heterocycles. The molecule has 0 aromatic carbocycles. The van der Waals surface area contributed by atoms with Gasteiger partial charge in [-0.2, -0.15) is 0 Å². The van der Waals surface area contributed by atoms with Crippen molar-refractivity contribution in [1.82, 2.24) is 15.1 Å². The van der Waals surface area contributed by atoms with E-state index < -0.39 is 0 Å². The third-order valence-electron chi connectivity index (χ3n) is 2.65. The lowest BCUT2D eigenvalue weighted by Crippen LogP contribution is -2.46. The normalized spacial score (nSPS) is 22.8. The molecule has 1 aliphatic rings. The summed E-state index contributed by atoms with van der Waals surface area (Å²) in [5.74, 6) is 0. The first-order valence-corrected chi connectivity index (χ1v) is 5.63. The number of likely N-dealkylation sites (tertiary alicyclic amines) is 1. The zero-order valence-electron chi connectivity index (χ0n) is 9.58. The summed E-state index contributed by atoms with van der Waals surface area (Å²) < 4.78 is 0. The number of rotatable bonds is 2. The van der Waals surface area contributed by atoms with E-state index in [1.54, 1.807) is 0 Å². The summed E-state index contributed by atoms with van der Waals surface area (Å²) in [5, 5.41) is 4.15. The van der Waals surface area contributed by atoms with Crippen molar-refractivity contribution >= 4 is 17.3 Å². The smallest absolute Gasteiger partial charge is 0.169 e. The molecule has 0 aromatic rings. The summed E-state index contributed by atoms with van der Waals surface area (Å²) in [6, 6.07) is 1.00. The van der Waals surface area contributed by atoms with Crippen molar-refractivity contribution in [2.24, 2.45) is 0 Å². The molecule has 0 amide bonds. The second kappa shape index (κ2) is 4.94. The first kappa shape index (κ1) is 11.7. The molecular weight excluding hydrogens is 194 g/mol. The molecule has 0 saturated carbocycles. The minimum atomic E-state index is 0.420. The molecule has 1 atom stereocenters. The molecule has 1 saturated heterocycles. The number of hydrogen-bond acceptors (Lipinski definition) is 2. The van der Waals surface area contributed by atoms with Gasteiger partial charge in [-0.25, -0.2) is 0 Å². The van der Waals surface area contributed by atoms with E-state index >= 15 is 0 Å². The first-order valence-electron chi connectivity index (χ1n) is 5.22. The Kier molecular flexibility index (Phi) is 4.13. The summed E-state index contributed by atoms with van der Waals surface area (Å²) in [6.45, 7) is 6.53. The average Bonchev–Trinajstić information content (AvgIpc) is 2.49. The fourth-order valence-corrected chi connectivity index (χ4v) is 2.13.